The van der Waals surface area contributed by atoms with Crippen LogP contribution in [0.4, 0.5) is 0 Å². The highest BCUT2D eigenvalue weighted by Gasteiger charge is 2.27. The first-order chi connectivity index (χ1) is 29.5. The second-order valence-electron chi connectivity index (χ2n) is 15.8. The van der Waals surface area contributed by atoms with Crippen LogP contribution in [0.1, 0.15) is 175 Å². The van der Waals surface area contributed by atoms with Crippen molar-refractivity contribution in [3.63, 3.8) is 0 Å². The van der Waals surface area contributed by atoms with Crippen LogP contribution in [0.15, 0.2) is 72.9 Å². The van der Waals surface area contributed by atoms with Crippen molar-refractivity contribution in [1.82, 2.24) is 0 Å². The third-order valence-electron chi connectivity index (χ3n) is 10.0. The van der Waals surface area contributed by atoms with E-state index in [1.165, 1.54) is 77.0 Å². The average molecular weight is 881 g/mol. The highest BCUT2D eigenvalue weighted by Crippen LogP contribution is 2.43. The van der Waals surface area contributed by atoms with Crippen LogP contribution in [0.3, 0.4) is 0 Å². The zero-order valence-electron chi connectivity index (χ0n) is 38.1. The number of ether oxygens (including phenoxy) is 2. The number of phosphoric acid groups is 1. The molecule has 11 nitrogen and oxygen atoms in total. The molecule has 0 aromatic rings. The van der Waals surface area contributed by atoms with Gasteiger partial charge >= 0.3 is 19.8 Å². The SMILES string of the molecule is CC/C=C\CC(O)/C=C/C=C/C/C=C\C/C=C\C/C=C\CCC(=O)O[C@H](COC(=O)CCCCCCCCCCCCCCCCC(C)CC)COP(=O)(O)OC[C@@H](O)CO. The molecule has 0 fully saturated rings. The van der Waals surface area contributed by atoms with E-state index >= 15 is 0 Å². The van der Waals surface area contributed by atoms with Crippen LogP contribution in [0.25, 0.3) is 0 Å². The molecule has 0 spiro atoms. The summed E-state index contributed by atoms with van der Waals surface area (Å²) in [5, 5.41) is 28.2. The van der Waals surface area contributed by atoms with Gasteiger partial charge in [0, 0.05) is 12.8 Å². The van der Waals surface area contributed by atoms with Crippen molar-refractivity contribution in [2.24, 2.45) is 5.92 Å². The number of aliphatic hydroxyl groups is 3. The molecule has 0 bridgehead atoms. The monoisotopic (exact) mass is 881 g/mol. The Morgan fingerprint density at radius 2 is 1.16 bits per heavy atom. The van der Waals surface area contributed by atoms with E-state index in [-0.39, 0.29) is 19.4 Å². The number of aliphatic hydroxyl groups excluding tert-OH is 3. The van der Waals surface area contributed by atoms with E-state index in [9.17, 15) is 29.3 Å². The molecular weight excluding hydrogens is 796 g/mol. The fourth-order valence-electron chi connectivity index (χ4n) is 6.02. The number of carbonyl (C=O) groups excluding carboxylic acids is 2. The number of carbonyl (C=O) groups is 2. The van der Waals surface area contributed by atoms with Crippen LogP contribution < -0.4 is 0 Å². The standard InChI is InChI=1S/C49H85O11P/c1-4-6-30-36-45(51)37-32-27-23-19-15-11-9-13-17-21-25-29-34-39-49(54)60-47(43-59-61(55,56)58-41-46(52)40-50)42-57-48(53)38-33-28-24-20-16-12-8-7-10-14-18-22-26-31-35-44(3)5-2/h6,11,13,15,17,23,25,27,29-30,32,37,44-47,50-52H,4-5,7-10,12,14,16,18-22,24,26,28,31,33-36,38-43H2,1-3H3,(H,55,56)/b15-11-,17-13-,27-23+,29-25-,30-6-,37-32+/t44?,45?,46-,47+/m0/s1. The molecule has 0 saturated carbocycles. The van der Waals surface area contributed by atoms with Crippen molar-refractivity contribution in [1.29, 1.82) is 0 Å². The van der Waals surface area contributed by atoms with Crippen molar-refractivity contribution in [3.05, 3.63) is 72.9 Å². The Morgan fingerprint density at radius 1 is 0.623 bits per heavy atom. The van der Waals surface area contributed by atoms with Gasteiger partial charge in [-0.3, -0.25) is 18.6 Å². The Morgan fingerprint density at radius 3 is 1.74 bits per heavy atom. The molecule has 0 aliphatic carbocycles. The van der Waals surface area contributed by atoms with E-state index in [0.29, 0.717) is 25.7 Å². The van der Waals surface area contributed by atoms with Gasteiger partial charge in [0.2, 0.25) is 0 Å². The Kier molecular flexibility index (Phi) is 40.8. The molecule has 5 atom stereocenters. The topological polar surface area (TPSA) is 169 Å². The maximum Gasteiger partial charge on any atom is 0.472 e. The van der Waals surface area contributed by atoms with E-state index in [4.69, 9.17) is 19.1 Å². The Labute approximate surface area is 370 Å². The molecule has 12 heteroatoms. The molecule has 0 rings (SSSR count). The minimum absolute atomic E-state index is 0.0414. The molecule has 0 amide bonds. The zero-order chi connectivity index (χ0) is 45.1. The quantitative estimate of drug-likeness (QED) is 0.0151. The lowest BCUT2D eigenvalue weighted by atomic mass is 9.99. The summed E-state index contributed by atoms with van der Waals surface area (Å²) in [6, 6.07) is 0. The largest absolute Gasteiger partial charge is 0.472 e. The van der Waals surface area contributed by atoms with Gasteiger partial charge in [-0.2, -0.15) is 0 Å². The molecule has 4 N–H and O–H groups in total. The maximum absolute atomic E-state index is 12.6. The van der Waals surface area contributed by atoms with Gasteiger partial charge in [0.25, 0.3) is 0 Å². The third-order valence-corrected chi connectivity index (χ3v) is 11.0. The molecule has 0 aliphatic rings. The predicted octanol–water partition coefficient (Wildman–Crippen LogP) is 11.7. The number of hydrogen-bond donors (Lipinski definition) is 4. The zero-order valence-corrected chi connectivity index (χ0v) is 39.0. The normalized spacial score (nSPS) is 15.5. The summed E-state index contributed by atoms with van der Waals surface area (Å²) in [7, 11) is -4.65. The number of esters is 2. The lowest BCUT2D eigenvalue weighted by molar-refractivity contribution is -0.161. The van der Waals surface area contributed by atoms with E-state index in [0.717, 1.165) is 44.4 Å². The fourth-order valence-corrected chi connectivity index (χ4v) is 6.81. The van der Waals surface area contributed by atoms with Gasteiger partial charge < -0.3 is 29.7 Å². The summed E-state index contributed by atoms with van der Waals surface area (Å²) in [4.78, 5) is 35.0. The van der Waals surface area contributed by atoms with Gasteiger partial charge in [0.1, 0.15) is 12.7 Å². The molecular formula is C49H85O11P. The Bertz CT molecular complexity index is 1270. The number of phosphoric ester groups is 1. The van der Waals surface area contributed by atoms with Crippen LogP contribution >= 0.6 is 7.82 Å². The number of hydrogen-bond acceptors (Lipinski definition) is 10. The predicted molar refractivity (Wildman–Crippen MR) is 248 cm³/mol. The Hall–Kier alpha value is -2.63. The van der Waals surface area contributed by atoms with Gasteiger partial charge in [-0.15, -0.1) is 0 Å². The average Bonchev–Trinajstić information content (AvgIpc) is 3.24. The number of unbranched alkanes of at least 4 members (excludes halogenated alkanes) is 13. The lowest BCUT2D eigenvalue weighted by Gasteiger charge is -2.20. The summed E-state index contributed by atoms with van der Waals surface area (Å²) in [5.41, 5.74) is 0. The minimum atomic E-state index is -4.65. The molecule has 61 heavy (non-hydrogen) atoms. The van der Waals surface area contributed by atoms with Gasteiger partial charge in [0.05, 0.1) is 25.9 Å². The summed E-state index contributed by atoms with van der Waals surface area (Å²) >= 11 is 0. The fraction of sp³-hybridized carbons (Fsp3) is 0.714. The number of rotatable bonds is 42. The van der Waals surface area contributed by atoms with Crippen molar-refractivity contribution >= 4 is 19.8 Å². The molecule has 0 radical (unpaired) electrons. The lowest BCUT2D eigenvalue weighted by Crippen LogP contribution is -2.29. The first-order valence-corrected chi connectivity index (χ1v) is 24.9. The summed E-state index contributed by atoms with van der Waals surface area (Å²) in [6.07, 6.45) is 44.9. The van der Waals surface area contributed by atoms with Crippen molar-refractivity contribution in [2.75, 3.05) is 26.4 Å². The summed E-state index contributed by atoms with van der Waals surface area (Å²) < 4.78 is 32.7. The van der Waals surface area contributed by atoms with Crippen molar-refractivity contribution in [3.8, 4) is 0 Å². The molecule has 0 heterocycles. The summed E-state index contributed by atoms with van der Waals surface area (Å²) in [5.74, 6) is -0.177. The molecule has 352 valence electrons. The molecule has 0 saturated heterocycles. The molecule has 0 aromatic carbocycles. The van der Waals surface area contributed by atoms with Crippen LogP contribution in [-0.2, 0) is 32.7 Å². The maximum atomic E-state index is 12.6. The van der Waals surface area contributed by atoms with Crippen LogP contribution in [-0.4, -0.2) is 76.9 Å². The highest BCUT2D eigenvalue weighted by molar-refractivity contribution is 7.47. The summed E-state index contributed by atoms with van der Waals surface area (Å²) in [6.45, 7) is 4.45. The van der Waals surface area contributed by atoms with Crippen molar-refractivity contribution < 1.29 is 52.9 Å². The van der Waals surface area contributed by atoms with Crippen LogP contribution in [0.5, 0.6) is 0 Å². The van der Waals surface area contributed by atoms with Crippen LogP contribution in [0.2, 0.25) is 0 Å². The number of allylic oxidation sites excluding steroid dienone is 10. The van der Waals surface area contributed by atoms with Gasteiger partial charge in [-0.25, -0.2) is 4.57 Å². The first kappa shape index (κ1) is 58.4. The van der Waals surface area contributed by atoms with E-state index < -0.39 is 57.9 Å². The third kappa shape index (κ3) is 42.4. The van der Waals surface area contributed by atoms with Gasteiger partial charge in [-0.1, -0.05) is 190 Å². The smallest absolute Gasteiger partial charge is 0.462 e. The second kappa shape index (κ2) is 42.7. The van der Waals surface area contributed by atoms with Crippen LogP contribution in [0, 0.1) is 5.92 Å². The minimum Gasteiger partial charge on any atom is -0.462 e. The van der Waals surface area contributed by atoms with Crippen molar-refractivity contribution in [2.45, 2.75) is 193 Å². The van der Waals surface area contributed by atoms with Gasteiger partial charge in [-0.05, 0) is 50.9 Å². The Balaban J connectivity index is 4.41. The molecule has 3 unspecified atom stereocenters. The van der Waals surface area contributed by atoms with E-state index in [1.807, 2.05) is 48.6 Å². The van der Waals surface area contributed by atoms with E-state index in [2.05, 4.69) is 43.5 Å². The molecule has 0 aliphatic heterocycles. The van der Waals surface area contributed by atoms with E-state index in [1.54, 1.807) is 6.08 Å². The first-order valence-electron chi connectivity index (χ1n) is 23.4. The second-order valence-corrected chi connectivity index (χ2v) is 17.3. The highest BCUT2D eigenvalue weighted by atomic mass is 31.2. The molecule has 0 aromatic heterocycles. The van der Waals surface area contributed by atoms with Gasteiger partial charge in [0.15, 0.2) is 6.10 Å².